The lowest BCUT2D eigenvalue weighted by Crippen LogP contribution is -2.18. The van der Waals surface area contributed by atoms with E-state index in [2.05, 4.69) is 38.9 Å². The summed E-state index contributed by atoms with van der Waals surface area (Å²) in [7, 11) is -17.5. The summed E-state index contributed by atoms with van der Waals surface area (Å²) < 4.78 is 140. The summed E-state index contributed by atoms with van der Waals surface area (Å²) >= 11 is 0. The fourth-order valence-corrected chi connectivity index (χ4v) is 10.3. The van der Waals surface area contributed by atoms with Gasteiger partial charge in [-0.25, -0.2) is 23.4 Å². The van der Waals surface area contributed by atoms with E-state index in [4.69, 9.17) is 20.6 Å². The standard InChI is InChI=1S/C14H15N3O6S2.C12H13NO7S2.C11H17NO2S.C6H9N3/c1-23-25(21,22)14-8-12(6-7-13(14)15)17-16-11-4-2-10(3-5-11)9-24(18,19)20;1-20-22(18,19)12-9-4-7(6-21(15,16)17)5-11(14)8(9)2-3-10(12)13;1-2-9-15(13,14)10-8-12-11-6-4-3-5-7-11;1-4-7-5(2)9-6(3)8-4/h2-8H,9,15H2,1H3,(H,18,19,20);2-5,14H,6,13H2,1H3,(H,15,16,17);3-7,12H,2,8-10H2,1H3;1-3H3. The van der Waals surface area contributed by atoms with Gasteiger partial charge >= 0.3 is 0 Å². The Balaban J connectivity index is 0.000000264. The van der Waals surface area contributed by atoms with Crippen molar-refractivity contribution in [2.45, 2.75) is 55.4 Å². The first kappa shape index (κ1) is 59.1. The van der Waals surface area contributed by atoms with Gasteiger partial charge in [0.1, 0.15) is 44.5 Å². The van der Waals surface area contributed by atoms with Gasteiger partial charge in [-0.15, -0.1) is 0 Å². The Bertz CT molecular complexity index is 3340. The van der Waals surface area contributed by atoms with Crippen LogP contribution in [0.3, 0.4) is 0 Å². The molecule has 8 N–H and O–H groups in total. The van der Waals surface area contributed by atoms with Gasteiger partial charge in [-0.3, -0.25) is 17.5 Å². The van der Waals surface area contributed by atoms with E-state index < -0.39 is 61.8 Å². The third kappa shape index (κ3) is 20.2. The van der Waals surface area contributed by atoms with Gasteiger partial charge in [0.25, 0.3) is 40.5 Å². The van der Waals surface area contributed by atoms with Gasteiger partial charge in [-0.2, -0.15) is 43.9 Å². The molecule has 6 aromatic rings. The molecule has 0 saturated heterocycles. The number of aryl methyl sites for hydroxylation is 3. The van der Waals surface area contributed by atoms with E-state index in [0.717, 1.165) is 43.4 Å². The summed E-state index contributed by atoms with van der Waals surface area (Å²) in [6, 6.07) is 24.7. The molecule has 0 aliphatic rings. The summed E-state index contributed by atoms with van der Waals surface area (Å²) in [6.45, 7) is 7.94. The summed E-state index contributed by atoms with van der Waals surface area (Å²) in [5.74, 6) is 1.24. The van der Waals surface area contributed by atoms with Crippen LogP contribution in [0.2, 0.25) is 0 Å². The molecule has 0 radical (unpaired) electrons. The third-order valence-corrected chi connectivity index (χ3v) is 15.0. The highest BCUT2D eigenvalue weighted by Crippen LogP contribution is 2.36. The number of nitrogen functional groups attached to an aromatic ring is 2. The molecule has 23 nitrogen and oxygen atoms in total. The van der Waals surface area contributed by atoms with Crippen LogP contribution in [0.25, 0.3) is 10.8 Å². The van der Waals surface area contributed by atoms with Crippen LogP contribution in [0.5, 0.6) is 5.75 Å². The van der Waals surface area contributed by atoms with Crippen LogP contribution in [0, 0.1) is 20.8 Å². The molecule has 1 aromatic heterocycles. The molecule has 5 aromatic carbocycles. The van der Waals surface area contributed by atoms with Crippen molar-refractivity contribution in [3.8, 4) is 5.75 Å². The zero-order valence-corrected chi connectivity index (χ0v) is 43.2. The number of benzene rings is 5. The first-order valence-electron chi connectivity index (χ1n) is 20.6. The Kier molecular flexibility index (Phi) is 21.4. The number of fused-ring (bicyclic) bond motifs is 1. The zero-order chi connectivity index (χ0) is 53.4. The lowest BCUT2D eigenvalue weighted by atomic mass is 10.1. The van der Waals surface area contributed by atoms with Crippen LogP contribution in [-0.4, -0.2) is 104 Å². The minimum Gasteiger partial charge on any atom is -0.507 e. The largest absolute Gasteiger partial charge is 0.507 e. The molecule has 0 fully saturated rings. The van der Waals surface area contributed by atoms with Crippen LogP contribution >= 0.6 is 0 Å². The van der Waals surface area contributed by atoms with E-state index >= 15 is 0 Å². The second-order valence-corrected chi connectivity index (χ2v) is 23.4. The van der Waals surface area contributed by atoms with Crippen LogP contribution in [0.4, 0.5) is 28.4 Å². The second-order valence-electron chi connectivity index (χ2n) is 14.9. The Hall–Kier alpha value is -6.24. The molecule has 0 amide bonds. The molecule has 0 aliphatic heterocycles. The van der Waals surface area contributed by atoms with Gasteiger partial charge in [0.05, 0.1) is 42.7 Å². The summed E-state index contributed by atoms with van der Waals surface area (Å²) in [5, 5.41) is 21.0. The number of phenols is 1. The number of anilines is 3. The van der Waals surface area contributed by atoms with Crippen molar-refractivity contribution in [3.05, 3.63) is 126 Å². The predicted molar refractivity (Wildman–Crippen MR) is 268 cm³/mol. The predicted octanol–water partition coefficient (Wildman–Crippen LogP) is 5.98. The lowest BCUT2D eigenvalue weighted by molar-refractivity contribution is 0.397. The van der Waals surface area contributed by atoms with Crippen molar-refractivity contribution in [3.63, 3.8) is 0 Å². The normalized spacial score (nSPS) is 11.9. The molecule has 0 saturated carbocycles. The Labute approximate surface area is 413 Å². The van der Waals surface area contributed by atoms with E-state index in [-0.39, 0.29) is 60.4 Å². The Morgan fingerprint density at radius 3 is 1.62 bits per heavy atom. The third-order valence-electron chi connectivity index (χ3n) is 9.03. The van der Waals surface area contributed by atoms with Gasteiger partial charge in [0, 0.05) is 28.8 Å². The molecule has 71 heavy (non-hydrogen) atoms. The van der Waals surface area contributed by atoms with E-state index in [9.17, 15) is 47.2 Å². The van der Waals surface area contributed by atoms with Crippen molar-refractivity contribution in [1.29, 1.82) is 0 Å². The molecule has 1 heterocycles. The van der Waals surface area contributed by atoms with Crippen molar-refractivity contribution >= 4 is 89.5 Å². The van der Waals surface area contributed by atoms with Crippen LogP contribution in [-0.2, 0) is 70.2 Å². The number of nitrogens with zero attached hydrogens (tertiary/aromatic N) is 5. The number of nitrogens with two attached hydrogens (primary N) is 2. The van der Waals surface area contributed by atoms with Gasteiger partial charge in [-0.05, 0) is 105 Å². The summed E-state index contributed by atoms with van der Waals surface area (Å²) in [6.07, 6.45) is 0.688. The highest BCUT2D eigenvalue weighted by molar-refractivity contribution is 7.91. The average molecular weight is 1080 g/mol. The molecule has 0 atom stereocenters. The minimum absolute atomic E-state index is 0.000463. The number of aromatic hydroxyl groups is 1. The fourth-order valence-electron chi connectivity index (χ4n) is 6.09. The van der Waals surface area contributed by atoms with Crippen LogP contribution in [0.15, 0.2) is 117 Å². The highest BCUT2D eigenvalue weighted by Gasteiger charge is 2.23. The number of hydrogen-bond donors (Lipinski definition) is 6. The number of azo groups is 1. The molecule has 28 heteroatoms. The molecule has 0 bridgehead atoms. The van der Waals surface area contributed by atoms with E-state index in [0.29, 0.717) is 24.2 Å². The number of nitrogens with one attached hydrogen (secondary N) is 1. The first-order valence-corrected chi connectivity index (χ1v) is 28.4. The maximum atomic E-state index is 12.0. The number of para-hydroxylation sites is 1. The highest BCUT2D eigenvalue weighted by atomic mass is 32.2. The van der Waals surface area contributed by atoms with Crippen molar-refractivity contribution in [2.24, 2.45) is 10.2 Å². The van der Waals surface area contributed by atoms with Crippen LogP contribution in [0.1, 0.15) is 41.9 Å². The van der Waals surface area contributed by atoms with Crippen LogP contribution < -0.4 is 16.8 Å². The molecule has 0 unspecified atom stereocenters. The molecular weight excluding hydrogens is 1030 g/mol. The number of sulfone groups is 1. The topological polar surface area (TPSA) is 377 Å². The zero-order valence-electron chi connectivity index (χ0n) is 39.2. The molecule has 386 valence electrons. The number of rotatable bonds is 16. The Morgan fingerprint density at radius 1 is 0.592 bits per heavy atom. The van der Waals surface area contributed by atoms with Gasteiger partial charge < -0.3 is 21.9 Å². The van der Waals surface area contributed by atoms with Crippen molar-refractivity contribution < 1.29 is 64.7 Å². The maximum absolute atomic E-state index is 12.0. The van der Waals surface area contributed by atoms with Crippen molar-refractivity contribution in [1.82, 2.24) is 15.0 Å². The van der Waals surface area contributed by atoms with Gasteiger partial charge in [0.15, 0.2) is 9.84 Å². The first-order chi connectivity index (χ1) is 33.0. The van der Waals surface area contributed by atoms with Gasteiger partial charge in [-0.1, -0.05) is 37.3 Å². The van der Waals surface area contributed by atoms with E-state index in [1.165, 1.54) is 60.7 Å². The SMILES string of the molecule is CCCS(=O)(=O)CCNc1ccccc1.COS(=O)(=O)c1c(N)ccc2c(O)cc(CS(=O)(=O)O)cc12.COS(=O)(=O)c1cc(N=Nc2ccc(CS(=O)(=O)O)cc2)ccc1N.Cc1nc(C)nc(C)n1. The summed E-state index contributed by atoms with van der Waals surface area (Å²) in [5.41, 5.74) is 13.2. The number of aromatic nitrogens is 3. The molecular formula is C43H54N8O15S5. The van der Waals surface area contributed by atoms with Crippen molar-refractivity contribution in [2.75, 3.05) is 49.1 Å². The molecule has 0 spiro atoms. The lowest BCUT2D eigenvalue weighted by Gasteiger charge is -2.12. The van der Waals surface area contributed by atoms with Gasteiger partial charge in [0.2, 0.25) is 0 Å². The molecule has 0 aliphatic carbocycles. The minimum atomic E-state index is -4.35. The van der Waals surface area contributed by atoms with E-state index in [1.807, 2.05) is 58.0 Å². The monoisotopic (exact) mass is 1080 g/mol. The summed E-state index contributed by atoms with van der Waals surface area (Å²) in [4.78, 5) is 11.4. The smallest absolute Gasteiger partial charge is 0.299 e. The quantitative estimate of drug-likeness (QED) is 0.0281. The number of hydrogen-bond acceptors (Lipinski definition) is 21. The average Bonchev–Trinajstić information content (AvgIpc) is 3.25. The maximum Gasteiger partial charge on any atom is 0.299 e. The molecule has 6 rings (SSSR count). The number of phenolic OH excluding ortho intramolecular Hbond substituents is 1. The second kappa shape index (κ2) is 25.7. The van der Waals surface area contributed by atoms with E-state index in [1.54, 1.807) is 0 Å². The fraction of sp³-hybridized carbons (Fsp3) is 0.279. The Morgan fingerprint density at radius 2 is 1.10 bits per heavy atom.